The summed E-state index contributed by atoms with van der Waals surface area (Å²) in [6, 6.07) is 0.0670. The Balaban J connectivity index is 2.31. The van der Waals surface area contributed by atoms with Crippen molar-refractivity contribution in [1.82, 2.24) is 24.5 Å². The number of carbonyl (C=O) groups is 3. The van der Waals surface area contributed by atoms with Crippen molar-refractivity contribution in [3.05, 3.63) is 17.8 Å². The normalized spacial score (nSPS) is 10.8. The number of amides is 2. The highest BCUT2D eigenvalue weighted by Crippen LogP contribution is 2.18. The van der Waals surface area contributed by atoms with Crippen LogP contribution in [0.4, 0.5) is 10.7 Å². The summed E-state index contributed by atoms with van der Waals surface area (Å²) in [4.78, 5) is 43.4. The standard InChI is InChI=1S/C15H18N6O8S/c1-5-29-13(23)9-7-21(8(2)22)19-12(9)30(25,26)20-15(24)18-14-16-10(27-3)6-11(17-14)28-4/h6-7H,5H2,1-4H3,(H2,16,17,18,20,24). The summed E-state index contributed by atoms with van der Waals surface area (Å²) in [6.45, 7) is 2.56. The molecule has 162 valence electrons. The van der Waals surface area contributed by atoms with Gasteiger partial charge in [-0.3, -0.25) is 10.1 Å². The van der Waals surface area contributed by atoms with Crippen LogP contribution in [-0.4, -0.2) is 66.9 Å². The van der Waals surface area contributed by atoms with Crippen LogP contribution in [0.25, 0.3) is 0 Å². The number of aromatic nitrogens is 4. The fourth-order valence-corrected chi connectivity index (χ4v) is 3.05. The van der Waals surface area contributed by atoms with Crippen LogP contribution in [-0.2, 0) is 14.8 Å². The number of sulfonamides is 1. The fraction of sp³-hybridized carbons (Fsp3) is 0.333. The quantitative estimate of drug-likeness (QED) is 0.552. The van der Waals surface area contributed by atoms with E-state index in [-0.39, 0.29) is 24.3 Å². The Hall–Kier alpha value is -3.75. The molecule has 0 spiro atoms. The summed E-state index contributed by atoms with van der Waals surface area (Å²) < 4.78 is 42.1. The third kappa shape index (κ3) is 5.19. The minimum Gasteiger partial charge on any atom is -0.481 e. The molecule has 0 fully saturated rings. The largest absolute Gasteiger partial charge is 0.481 e. The van der Waals surface area contributed by atoms with E-state index in [2.05, 4.69) is 20.4 Å². The van der Waals surface area contributed by atoms with Crippen LogP contribution >= 0.6 is 0 Å². The van der Waals surface area contributed by atoms with Gasteiger partial charge < -0.3 is 14.2 Å². The van der Waals surface area contributed by atoms with Gasteiger partial charge in [-0.05, 0) is 6.92 Å². The van der Waals surface area contributed by atoms with E-state index in [1.54, 1.807) is 4.72 Å². The third-order valence-corrected chi connectivity index (χ3v) is 4.57. The first-order chi connectivity index (χ1) is 14.1. The van der Waals surface area contributed by atoms with Crippen molar-refractivity contribution in [1.29, 1.82) is 0 Å². The number of ether oxygens (including phenoxy) is 3. The highest BCUT2D eigenvalue weighted by atomic mass is 32.2. The van der Waals surface area contributed by atoms with E-state index >= 15 is 0 Å². The maximum Gasteiger partial charge on any atom is 0.342 e. The first-order valence-corrected chi connectivity index (χ1v) is 9.68. The highest BCUT2D eigenvalue weighted by molar-refractivity contribution is 7.90. The van der Waals surface area contributed by atoms with Gasteiger partial charge in [0.05, 0.1) is 26.9 Å². The number of hydrogen-bond acceptors (Lipinski definition) is 11. The second-order valence-corrected chi connectivity index (χ2v) is 6.97. The number of hydrogen-bond donors (Lipinski definition) is 2. The molecule has 2 rings (SSSR count). The number of esters is 1. The highest BCUT2D eigenvalue weighted by Gasteiger charge is 2.30. The van der Waals surface area contributed by atoms with Crippen molar-refractivity contribution in [3.8, 4) is 11.8 Å². The van der Waals surface area contributed by atoms with Gasteiger partial charge in [-0.1, -0.05) is 0 Å². The molecule has 0 aliphatic heterocycles. The summed E-state index contributed by atoms with van der Waals surface area (Å²) in [7, 11) is -2.05. The minimum atomic E-state index is -4.68. The number of anilines is 1. The molecule has 0 aromatic carbocycles. The predicted octanol–water partition coefficient (Wildman–Crippen LogP) is 0.0375. The lowest BCUT2D eigenvalue weighted by atomic mass is 10.4. The van der Waals surface area contributed by atoms with Crippen LogP contribution in [0.5, 0.6) is 11.8 Å². The first-order valence-electron chi connectivity index (χ1n) is 8.19. The number of methoxy groups -OCH3 is 2. The summed E-state index contributed by atoms with van der Waals surface area (Å²) in [6.07, 6.45) is 0.892. The molecule has 0 bridgehead atoms. The maximum atomic E-state index is 12.6. The van der Waals surface area contributed by atoms with E-state index in [9.17, 15) is 22.8 Å². The monoisotopic (exact) mass is 442 g/mol. The first kappa shape index (κ1) is 22.5. The Kier molecular flexibility index (Phi) is 6.89. The van der Waals surface area contributed by atoms with Crippen LogP contribution in [0.2, 0.25) is 0 Å². The second kappa shape index (κ2) is 9.17. The Morgan fingerprint density at radius 3 is 2.23 bits per heavy atom. The number of carbonyl (C=O) groups excluding carboxylic acids is 3. The fourth-order valence-electron chi connectivity index (χ4n) is 2.03. The Bertz CT molecular complexity index is 1060. The van der Waals surface area contributed by atoms with Crippen LogP contribution in [0, 0.1) is 0 Å². The molecule has 0 saturated heterocycles. The smallest absolute Gasteiger partial charge is 0.342 e. The Morgan fingerprint density at radius 1 is 1.13 bits per heavy atom. The number of urea groups is 1. The van der Waals surface area contributed by atoms with Gasteiger partial charge in [0.15, 0.2) is 0 Å². The maximum absolute atomic E-state index is 12.6. The van der Waals surface area contributed by atoms with E-state index in [1.165, 1.54) is 27.2 Å². The SMILES string of the molecule is CCOC(=O)c1cn(C(C)=O)nc1S(=O)(=O)NC(=O)Nc1nc(OC)cc(OC)n1. The van der Waals surface area contributed by atoms with Gasteiger partial charge in [-0.15, -0.1) is 0 Å². The molecule has 2 N–H and O–H groups in total. The molecule has 30 heavy (non-hydrogen) atoms. The molecule has 14 nitrogen and oxygen atoms in total. The van der Waals surface area contributed by atoms with Crippen LogP contribution in [0.15, 0.2) is 17.3 Å². The molecule has 15 heteroatoms. The summed E-state index contributed by atoms with van der Waals surface area (Å²) in [5.74, 6) is -1.93. The summed E-state index contributed by atoms with van der Waals surface area (Å²) >= 11 is 0. The lowest BCUT2D eigenvalue weighted by Crippen LogP contribution is -2.36. The van der Waals surface area contributed by atoms with Gasteiger partial charge in [-0.2, -0.15) is 23.5 Å². The van der Waals surface area contributed by atoms with Gasteiger partial charge in [-0.25, -0.2) is 19.0 Å². The molecule has 0 saturated carbocycles. The lowest BCUT2D eigenvalue weighted by molar-refractivity contribution is 0.0521. The molecule has 2 heterocycles. The average Bonchev–Trinajstić information content (AvgIpc) is 3.14. The predicted molar refractivity (Wildman–Crippen MR) is 99.0 cm³/mol. The zero-order valence-corrected chi connectivity index (χ0v) is 17.1. The molecule has 0 aliphatic rings. The zero-order chi connectivity index (χ0) is 22.5. The number of nitrogens with zero attached hydrogens (tertiary/aromatic N) is 4. The molecular formula is C15H18N6O8S. The number of nitrogens with one attached hydrogen (secondary N) is 2. The van der Waals surface area contributed by atoms with Gasteiger partial charge in [0.25, 0.3) is 10.0 Å². The third-order valence-electron chi connectivity index (χ3n) is 3.30. The summed E-state index contributed by atoms with van der Waals surface area (Å²) in [5, 5.41) is 4.79. The molecule has 0 atom stereocenters. The van der Waals surface area contributed by atoms with Gasteiger partial charge in [0.2, 0.25) is 28.6 Å². The molecule has 0 radical (unpaired) electrons. The number of rotatable bonds is 7. The van der Waals surface area contributed by atoms with Crippen molar-refractivity contribution in [2.75, 3.05) is 26.1 Å². The Morgan fingerprint density at radius 2 is 1.73 bits per heavy atom. The van der Waals surface area contributed by atoms with Crippen LogP contribution < -0.4 is 19.5 Å². The van der Waals surface area contributed by atoms with Gasteiger partial charge in [0, 0.05) is 13.1 Å². The molecule has 2 amide bonds. The van der Waals surface area contributed by atoms with E-state index in [1.807, 2.05) is 0 Å². The van der Waals surface area contributed by atoms with E-state index in [4.69, 9.17) is 14.2 Å². The van der Waals surface area contributed by atoms with Crippen molar-refractivity contribution in [2.24, 2.45) is 0 Å². The summed E-state index contributed by atoms with van der Waals surface area (Å²) in [5.41, 5.74) is -0.522. The molecule has 2 aromatic heterocycles. The Labute approximate surface area is 170 Å². The van der Waals surface area contributed by atoms with Crippen molar-refractivity contribution < 1.29 is 37.0 Å². The average molecular weight is 442 g/mol. The zero-order valence-electron chi connectivity index (χ0n) is 16.3. The van der Waals surface area contributed by atoms with E-state index in [0.717, 1.165) is 13.1 Å². The van der Waals surface area contributed by atoms with Crippen molar-refractivity contribution in [3.63, 3.8) is 0 Å². The lowest BCUT2D eigenvalue weighted by Gasteiger charge is -2.09. The van der Waals surface area contributed by atoms with Gasteiger partial charge >= 0.3 is 12.0 Å². The molecular weight excluding hydrogens is 424 g/mol. The van der Waals surface area contributed by atoms with Crippen molar-refractivity contribution in [2.45, 2.75) is 18.9 Å². The van der Waals surface area contributed by atoms with Crippen molar-refractivity contribution >= 4 is 33.9 Å². The van der Waals surface area contributed by atoms with Gasteiger partial charge in [0.1, 0.15) is 5.56 Å². The molecule has 2 aromatic rings. The van der Waals surface area contributed by atoms with Crippen LogP contribution in [0.1, 0.15) is 29.0 Å². The molecule has 0 aliphatic carbocycles. The van der Waals surface area contributed by atoms with Crippen LogP contribution in [0.3, 0.4) is 0 Å². The van der Waals surface area contributed by atoms with E-state index in [0.29, 0.717) is 4.68 Å². The topological polar surface area (TPSA) is 181 Å². The minimum absolute atomic E-state index is 0.0461. The second-order valence-electron chi connectivity index (χ2n) is 5.37. The molecule has 0 unspecified atom stereocenters. The van der Waals surface area contributed by atoms with E-state index < -0.39 is 38.5 Å².